The second kappa shape index (κ2) is 8.51. The summed E-state index contributed by atoms with van der Waals surface area (Å²) in [5.41, 5.74) is 1.90. The molecule has 2 aromatic rings. The standard InChI is InChI=1S/C23H27FN4O3/c24-17-6-2-1-5-15(17)13-27-11-9-18-16(14-27)22(29)26-21(25-18)19-7-3-10-28(19)23(30)20-8-4-12-31-20/h1-2,5-6,19-20H,3-4,7-14H2,(H,25,26,29)/t19-,20+/m0/s1. The molecule has 0 unspecified atom stereocenters. The van der Waals surface area contributed by atoms with E-state index in [1.54, 1.807) is 12.1 Å². The summed E-state index contributed by atoms with van der Waals surface area (Å²) in [4.78, 5) is 37.4. The molecule has 8 heteroatoms. The van der Waals surface area contributed by atoms with Gasteiger partial charge in [0.1, 0.15) is 17.7 Å². The van der Waals surface area contributed by atoms with E-state index in [1.807, 2.05) is 11.0 Å². The largest absolute Gasteiger partial charge is 0.368 e. The third kappa shape index (κ3) is 4.02. The van der Waals surface area contributed by atoms with E-state index in [4.69, 9.17) is 9.72 Å². The van der Waals surface area contributed by atoms with Crippen molar-refractivity contribution in [3.05, 3.63) is 63.1 Å². The van der Waals surface area contributed by atoms with Crippen LogP contribution in [-0.2, 0) is 29.0 Å². The Morgan fingerprint density at radius 2 is 2.10 bits per heavy atom. The third-order valence-electron chi connectivity index (χ3n) is 6.57. The average molecular weight is 426 g/mol. The maximum absolute atomic E-state index is 14.0. The van der Waals surface area contributed by atoms with Gasteiger partial charge in [0.2, 0.25) is 0 Å². The predicted octanol–water partition coefficient (Wildman–Crippen LogP) is 2.31. The van der Waals surface area contributed by atoms with Crippen LogP contribution in [0.25, 0.3) is 0 Å². The first-order chi connectivity index (χ1) is 15.1. The molecular formula is C23H27FN4O3. The van der Waals surface area contributed by atoms with Crippen molar-refractivity contribution in [2.45, 2.75) is 57.3 Å². The smallest absolute Gasteiger partial charge is 0.255 e. The number of carbonyl (C=O) groups is 1. The molecule has 3 aliphatic rings. The highest BCUT2D eigenvalue weighted by atomic mass is 19.1. The molecule has 0 saturated carbocycles. The first-order valence-electron chi connectivity index (χ1n) is 11.1. The molecule has 164 valence electrons. The molecule has 0 aliphatic carbocycles. The van der Waals surface area contributed by atoms with Gasteiger partial charge in [-0.3, -0.25) is 14.5 Å². The van der Waals surface area contributed by atoms with Crippen molar-refractivity contribution in [1.82, 2.24) is 19.8 Å². The molecule has 0 bridgehead atoms. The van der Waals surface area contributed by atoms with Crippen LogP contribution in [0.1, 0.15) is 54.4 Å². The molecule has 3 aliphatic heterocycles. The molecule has 1 aromatic carbocycles. The molecule has 1 amide bonds. The highest BCUT2D eigenvalue weighted by molar-refractivity contribution is 5.81. The number of rotatable bonds is 4. The van der Waals surface area contributed by atoms with Crippen molar-refractivity contribution in [2.24, 2.45) is 0 Å². The summed E-state index contributed by atoms with van der Waals surface area (Å²) in [6.45, 7) is 2.91. The maximum Gasteiger partial charge on any atom is 0.255 e. The van der Waals surface area contributed by atoms with Crippen LogP contribution in [0.2, 0.25) is 0 Å². The van der Waals surface area contributed by atoms with Crippen LogP contribution in [0.15, 0.2) is 29.1 Å². The summed E-state index contributed by atoms with van der Waals surface area (Å²) in [6.07, 6.45) is 3.62. The van der Waals surface area contributed by atoms with Crippen LogP contribution in [-0.4, -0.2) is 51.5 Å². The Hall–Kier alpha value is -2.58. The Kier molecular flexibility index (Phi) is 5.58. The van der Waals surface area contributed by atoms with Crippen LogP contribution in [0.5, 0.6) is 0 Å². The van der Waals surface area contributed by atoms with Gasteiger partial charge in [-0.05, 0) is 31.7 Å². The van der Waals surface area contributed by atoms with Crippen LogP contribution in [0.4, 0.5) is 4.39 Å². The summed E-state index contributed by atoms with van der Waals surface area (Å²) >= 11 is 0. The van der Waals surface area contributed by atoms with E-state index in [2.05, 4.69) is 9.88 Å². The Morgan fingerprint density at radius 1 is 1.23 bits per heavy atom. The van der Waals surface area contributed by atoms with Gasteiger partial charge in [0.15, 0.2) is 0 Å². The average Bonchev–Trinajstić information content (AvgIpc) is 3.48. The zero-order chi connectivity index (χ0) is 21.4. The molecule has 5 rings (SSSR count). The molecule has 2 atom stereocenters. The number of halogens is 1. The van der Waals surface area contributed by atoms with Crippen molar-refractivity contribution < 1.29 is 13.9 Å². The Labute approximate surface area is 180 Å². The van der Waals surface area contributed by atoms with E-state index in [1.165, 1.54) is 6.07 Å². The van der Waals surface area contributed by atoms with E-state index in [0.29, 0.717) is 56.2 Å². The van der Waals surface area contributed by atoms with Crippen molar-refractivity contribution in [3.8, 4) is 0 Å². The van der Waals surface area contributed by atoms with Gasteiger partial charge in [-0.1, -0.05) is 18.2 Å². The highest BCUT2D eigenvalue weighted by Crippen LogP contribution is 2.32. The fourth-order valence-corrected chi connectivity index (χ4v) is 4.93. The number of H-pyrrole nitrogens is 1. The molecule has 2 saturated heterocycles. The fourth-order valence-electron chi connectivity index (χ4n) is 4.93. The summed E-state index contributed by atoms with van der Waals surface area (Å²) in [5, 5.41) is 0. The number of benzene rings is 1. The minimum atomic E-state index is -0.364. The van der Waals surface area contributed by atoms with Gasteiger partial charge in [-0.25, -0.2) is 9.37 Å². The van der Waals surface area contributed by atoms with E-state index in [9.17, 15) is 14.0 Å². The number of nitrogens with zero attached hydrogens (tertiary/aromatic N) is 3. The van der Waals surface area contributed by atoms with Crippen molar-refractivity contribution in [2.75, 3.05) is 19.7 Å². The zero-order valence-corrected chi connectivity index (χ0v) is 17.5. The Bertz CT molecular complexity index is 1030. The number of aromatic amines is 1. The first-order valence-corrected chi connectivity index (χ1v) is 11.1. The van der Waals surface area contributed by atoms with E-state index in [0.717, 1.165) is 31.4 Å². The van der Waals surface area contributed by atoms with Crippen LogP contribution >= 0.6 is 0 Å². The lowest BCUT2D eigenvalue weighted by molar-refractivity contribution is -0.142. The van der Waals surface area contributed by atoms with Crippen LogP contribution in [0, 0.1) is 5.82 Å². The topological polar surface area (TPSA) is 78.5 Å². The summed E-state index contributed by atoms with van der Waals surface area (Å²) in [5.74, 6) is 0.361. The number of ether oxygens (including phenoxy) is 1. The van der Waals surface area contributed by atoms with Crippen LogP contribution in [0.3, 0.4) is 0 Å². The Balaban J connectivity index is 1.34. The lowest BCUT2D eigenvalue weighted by Gasteiger charge is -2.30. The molecule has 2 fully saturated rings. The summed E-state index contributed by atoms with van der Waals surface area (Å²) < 4.78 is 19.6. The van der Waals surface area contributed by atoms with Gasteiger partial charge in [0.25, 0.3) is 11.5 Å². The molecule has 0 radical (unpaired) electrons. The number of amides is 1. The van der Waals surface area contributed by atoms with Crippen LogP contribution < -0.4 is 5.56 Å². The van der Waals surface area contributed by atoms with E-state index in [-0.39, 0.29) is 29.4 Å². The molecule has 4 heterocycles. The zero-order valence-electron chi connectivity index (χ0n) is 17.5. The van der Waals surface area contributed by atoms with Crippen molar-refractivity contribution in [3.63, 3.8) is 0 Å². The second-order valence-electron chi connectivity index (χ2n) is 8.62. The number of hydrogen-bond acceptors (Lipinski definition) is 5. The highest BCUT2D eigenvalue weighted by Gasteiger charge is 2.37. The lowest BCUT2D eigenvalue weighted by Crippen LogP contribution is -2.40. The number of hydrogen-bond donors (Lipinski definition) is 1. The minimum absolute atomic E-state index is 0.0106. The van der Waals surface area contributed by atoms with Crippen molar-refractivity contribution in [1.29, 1.82) is 0 Å². The van der Waals surface area contributed by atoms with Crippen molar-refractivity contribution >= 4 is 5.91 Å². The van der Waals surface area contributed by atoms with Gasteiger partial charge in [-0.2, -0.15) is 0 Å². The maximum atomic E-state index is 14.0. The van der Waals surface area contributed by atoms with Gasteiger partial charge in [-0.15, -0.1) is 0 Å². The number of carbonyl (C=O) groups excluding carboxylic acids is 1. The SMILES string of the molecule is O=C([C@H]1CCCO1)N1CCC[C@H]1c1nc2c(c(=O)[nH]1)CN(Cc1ccccc1F)CC2. The van der Waals surface area contributed by atoms with Gasteiger partial charge in [0.05, 0.1) is 17.3 Å². The molecular weight excluding hydrogens is 399 g/mol. The minimum Gasteiger partial charge on any atom is -0.368 e. The summed E-state index contributed by atoms with van der Waals surface area (Å²) in [6, 6.07) is 6.53. The van der Waals surface area contributed by atoms with E-state index < -0.39 is 0 Å². The first kappa shape index (κ1) is 20.3. The molecule has 1 N–H and O–H groups in total. The third-order valence-corrected chi connectivity index (χ3v) is 6.57. The monoisotopic (exact) mass is 426 g/mol. The lowest BCUT2D eigenvalue weighted by atomic mass is 10.0. The van der Waals surface area contributed by atoms with Gasteiger partial charge < -0.3 is 14.6 Å². The Morgan fingerprint density at radius 3 is 2.90 bits per heavy atom. The second-order valence-corrected chi connectivity index (χ2v) is 8.62. The van der Waals surface area contributed by atoms with E-state index >= 15 is 0 Å². The fraction of sp³-hybridized carbons (Fsp3) is 0.522. The molecule has 31 heavy (non-hydrogen) atoms. The quantitative estimate of drug-likeness (QED) is 0.812. The number of aromatic nitrogens is 2. The number of nitrogens with one attached hydrogen (secondary N) is 1. The molecule has 1 aromatic heterocycles. The number of fused-ring (bicyclic) bond motifs is 1. The normalized spacial score (nSPS) is 23.8. The van der Waals surface area contributed by atoms with Gasteiger partial charge in [0, 0.05) is 44.8 Å². The molecule has 0 spiro atoms. The predicted molar refractivity (Wildman–Crippen MR) is 112 cm³/mol. The number of likely N-dealkylation sites (tertiary alicyclic amines) is 1. The molecule has 7 nitrogen and oxygen atoms in total. The summed E-state index contributed by atoms with van der Waals surface area (Å²) in [7, 11) is 0. The van der Waals surface area contributed by atoms with Gasteiger partial charge >= 0.3 is 0 Å².